The standard InChI is InChI=1S/C16H12N2O4/c19-16(17-13-5-3-6-14(9-13)18(20)21)12-8-11-4-1-2-7-15(11)22-10-12/h1-9H,10H2,(H,17,19). The topological polar surface area (TPSA) is 81.5 Å². The first kappa shape index (κ1) is 13.8. The van der Waals surface area contributed by atoms with Crippen LogP contribution in [0.3, 0.4) is 0 Å². The number of benzene rings is 2. The molecule has 0 aromatic heterocycles. The van der Waals surface area contributed by atoms with Gasteiger partial charge in [-0.15, -0.1) is 0 Å². The summed E-state index contributed by atoms with van der Waals surface area (Å²) in [5.74, 6) is 0.393. The average molecular weight is 296 g/mol. The molecular weight excluding hydrogens is 284 g/mol. The van der Waals surface area contributed by atoms with Gasteiger partial charge in [-0.3, -0.25) is 14.9 Å². The number of hydrogen-bond acceptors (Lipinski definition) is 4. The summed E-state index contributed by atoms with van der Waals surface area (Å²) in [5.41, 5.74) is 1.60. The highest BCUT2D eigenvalue weighted by molar-refractivity contribution is 6.07. The lowest BCUT2D eigenvalue weighted by Gasteiger charge is -2.17. The quantitative estimate of drug-likeness (QED) is 0.697. The second-order valence-electron chi connectivity index (χ2n) is 4.76. The maximum atomic E-state index is 12.2. The minimum atomic E-state index is -0.505. The van der Waals surface area contributed by atoms with Gasteiger partial charge in [-0.1, -0.05) is 24.3 Å². The van der Waals surface area contributed by atoms with Crippen LogP contribution in [0.2, 0.25) is 0 Å². The molecule has 0 spiro atoms. The molecule has 0 saturated heterocycles. The zero-order valence-electron chi connectivity index (χ0n) is 11.5. The number of ether oxygens (including phenoxy) is 1. The number of fused-ring (bicyclic) bond motifs is 1. The number of nitro groups is 1. The minimum absolute atomic E-state index is 0.0722. The number of para-hydroxylation sites is 1. The SMILES string of the molecule is O=C(Nc1cccc([N+](=O)[O-])c1)C1=Cc2ccccc2OC1. The average Bonchev–Trinajstić information content (AvgIpc) is 2.54. The van der Waals surface area contributed by atoms with Crippen molar-refractivity contribution in [3.63, 3.8) is 0 Å². The van der Waals surface area contributed by atoms with Crippen molar-refractivity contribution in [2.75, 3.05) is 11.9 Å². The molecule has 1 aliphatic rings. The summed E-state index contributed by atoms with van der Waals surface area (Å²) in [7, 11) is 0. The first-order valence-electron chi connectivity index (χ1n) is 6.62. The zero-order valence-corrected chi connectivity index (χ0v) is 11.5. The van der Waals surface area contributed by atoms with Gasteiger partial charge in [0, 0.05) is 23.4 Å². The molecule has 22 heavy (non-hydrogen) atoms. The molecule has 3 rings (SSSR count). The molecule has 0 atom stereocenters. The first-order chi connectivity index (χ1) is 10.6. The number of amides is 1. The Kier molecular flexibility index (Phi) is 3.57. The van der Waals surface area contributed by atoms with E-state index >= 15 is 0 Å². The Bertz CT molecular complexity index is 783. The van der Waals surface area contributed by atoms with Crippen molar-refractivity contribution < 1.29 is 14.5 Å². The third-order valence-corrected chi connectivity index (χ3v) is 3.24. The maximum Gasteiger partial charge on any atom is 0.271 e. The number of carbonyl (C=O) groups is 1. The number of non-ortho nitro benzene ring substituents is 1. The Morgan fingerprint density at radius 3 is 2.82 bits per heavy atom. The van der Waals surface area contributed by atoms with E-state index in [0.717, 1.165) is 11.3 Å². The molecule has 6 heteroatoms. The number of nitrogens with one attached hydrogen (secondary N) is 1. The molecule has 2 aromatic rings. The van der Waals surface area contributed by atoms with Crippen LogP contribution in [0.25, 0.3) is 6.08 Å². The van der Waals surface area contributed by atoms with Crippen LogP contribution in [0, 0.1) is 10.1 Å². The highest BCUT2D eigenvalue weighted by Gasteiger charge is 2.17. The monoisotopic (exact) mass is 296 g/mol. The van der Waals surface area contributed by atoms with Crippen molar-refractivity contribution in [3.05, 3.63) is 69.8 Å². The van der Waals surface area contributed by atoms with Crippen LogP contribution >= 0.6 is 0 Å². The summed E-state index contributed by atoms with van der Waals surface area (Å²) in [5, 5.41) is 13.4. The van der Waals surface area contributed by atoms with Gasteiger partial charge in [0.2, 0.25) is 0 Å². The molecule has 0 unspecified atom stereocenters. The van der Waals surface area contributed by atoms with Crippen LogP contribution in [-0.4, -0.2) is 17.4 Å². The van der Waals surface area contributed by atoms with Crippen molar-refractivity contribution in [2.24, 2.45) is 0 Å². The lowest BCUT2D eigenvalue weighted by Crippen LogP contribution is -2.21. The summed E-state index contributed by atoms with van der Waals surface area (Å²) in [6, 6.07) is 13.2. The van der Waals surface area contributed by atoms with E-state index < -0.39 is 4.92 Å². The lowest BCUT2D eigenvalue weighted by atomic mass is 10.1. The van der Waals surface area contributed by atoms with E-state index in [1.807, 2.05) is 24.3 Å². The highest BCUT2D eigenvalue weighted by Crippen LogP contribution is 2.26. The summed E-state index contributed by atoms with van der Waals surface area (Å²) < 4.78 is 5.52. The molecule has 1 aliphatic heterocycles. The maximum absolute atomic E-state index is 12.2. The Balaban J connectivity index is 1.80. The third-order valence-electron chi connectivity index (χ3n) is 3.24. The van der Waals surface area contributed by atoms with Crippen molar-refractivity contribution in [2.45, 2.75) is 0 Å². The van der Waals surface area contributed by atoms with Gasteiger partial charge in [0.05, 0.1) is 10.5 Å². The highest BCUT2D eigenvalue weighted by atomic mass is 16.6. The molecule has 0 aliphatic carbocycles. The number of nitro benzene ring substituents is 1. The molecule has 0 saturated carbocycles. The molecular formula is C16H12N2O4. The minimum Gasteiger partial charge on any atom is -0.488 e. The van der Waals surface area contributed by atoms with E-state index in [9.17, 15) is 14.9 Å². The van der Waals surface area contributed by atoms with E-state index in [0.29, 0.717) is 11.3 Å². The second kappa shape index (κ2) is 5.69. The fourth-order valence-corrected chi connectivity index (χ4v) is 2.16. The summed E-state index contributed by atoms with van der Waals surface area (Å²) in [6.07, 6.45) is 1.76. The second-order valence-corrected chi connectivity index (χ2v) is 4.76. The van der Waals surface area contributed by atoms with E-state index in [1.54, 1.807) is 12.1 Å². The van der Waals surface area contributed by atoms with Gasteiger partial charge in [-0.2, -0.15) is 0 Å². The van der Waals surface area contributed by atoms with Crippen LogP contribution < -0.4 is 10.1 Å². The van der Waals surface area contributed by atoms with E-state index in [1.165, 1.54) is 18.2 Å². The lowest BCUT2D eigenvalue weighted by molar-refractivity contribution is -0.384. The molecule has 0 radical (unpaired) electrons. The molecule has 0 fully saturated rings. The third kappa shape index (κ3) is 2.80. The van der Waals surface area contributed by atoms with Gasteiger partial charge in [0.15, 0.2) is 0 Å². The number of nitrogens with zero attached hydrogens (tertiary/aromatic N) is 1. The van der Waals surface area contributed by atoms with Crippen molar-refractivity contribution in [1.29, 1.82) is 0 Å². The smallest absolute Gasteiger partial charge is 0.271 e. The number of carbonyl (C=O) groups excluding carboxylic acids is 1. The molecule has 1 heterocycles. The largest absolute Gasteiger partial charge is 0.488 e. The predicted molar refractivity (Wildman–Crippen MR) is 81.6 cm³/mol. The molecule has 110 valence electrons. The van der Waals surface area contributed by atoms with Crippen LogP contribution in [0.1, 0.15) is 5.56 Å². The van der Waals surface area contributed by atoms with Gasteiger partial charge in [0.25, 0.3) is 11.6 Å². The number of hydrogen-bond donors (Lipinski definition) is 1. The van der Waals surface area contributed by atoms with Crippen molar-refractivity contribution in [1.82, 2.24) is 0 Å². The Hall–Kier alpha value is -3.15. The molecule has 0 bridgehead atoms. The summed E-state index contributed by atoms with van der Waals surface area (Å²) in [4.78, 5) is 22.5. The van der Waals surface area contributed by atoms with Crippen LogP contribution in [0.15, 0.2) is 54.1 Å². The normalized spacial score (nSPS) is 12.6. The number of anilines is 1. The summed E-state index contributed by atoms with van der Waals surface area (Å²) >= 11 is 0. The fourth-order valence-electron chi connectivity index (χ4n) is 2.16. The Morgan fingerprint density at radius 2 is 2.00 bits per heavy atom. The molecule has 1 amide bonds. The van der Waals surface area contributed by atoms with Gasteiger partial charge in [-0.25, -0.2) is 0 Å². The van der Waals surface area contributed by atoms with Gasteiger partial charge >= 0.3 is 0 Å². The van der Waals surface area contributed by atoms with E-state index in [4.69, 9.17) is 4.74 Å². The van der Waals surface area contributed by atoms with Crippen LogP contribution in [0.5, 0.6) is 5.75 Å². The Morgan fingerprint density at radius 1 is 1.18 bits per heavy atom. The molecule has 6 nitrogen and oxygen atoms in total. The molecule has 1 N–H and O–H groups in total. The van der Waals surface area contributed by atoms with Crippen molar-refractivity contribution >= 4 is 23.4 Å². The van der Waals surface area contributed by atoms with Gasteiger partial charge < -0.3 is 10.1 Å². The van der Waals surface area contributed by atoms with E-state index in [2.05, 4.69) is 5.32 Å². The first-order valence-corrected chi connectivity index (χ1v) is 6.62. The predicted octanol–water partition coefficient (Wildman–Crippen LogP) is 3.01. The van der Waals surface area contributed by atoms with Crippen molar-refractivity contribution in [3.8, 4) is 5.75 Å². The Labute approximate surface area is 126 Å². The van der Waals surface area contributed by atoms with Gasteiger partial charge in [-0.05, 0) is 18.2 Å². The van der Waals surface area contributed by atoms with Crippen LogP contribution in [-0.2, 0) is 4.79 Å². The van der Waals surface area contributed by atoms with E-state index in [-0.39, 0.29) is 18.2 Å². The zero-order chi connectivity index (χ0) is 15.5. The number of rotatable bonds is 3. The van der Waals surface area contributed by atoms with Crippen LogP contribution in [0.4, 0.5) is 11.4 Å². The fraction of sp³-hybridized carbons (Fsp3) is 0.0625. The van der Waals surface area contributed by atoms with Gasteiger partial charge in [0.1, 0.15) is 12.4 Å². The molecule has 2 aromatic carbocycles. The summed E-state index contributed by atoms with van der Waals surface area (Å²) in [6.45, 7) is 0.164.